The van der Waals surface area contributed by atoms with Gasteiger partial charge in [-0.2, -0.15) is 0 Å². The summed E-state index contributed by atoms with van der Waals surface area (Å²) >= 11 is 0.806. The molecule has 1 N–H and O–H groups in total. The Morgan fingerprint density at radius 3 is 1.83 bits per heavy atom. The maximum atomic E-state index is 4.84. The monoisotopic (exact) mass is 278 g/mol. The van der Waals surface area contributed by atoms with Crippen LogP contribution in [0.5, 0.6) is 0 Å². The van der Waals surface area contributed by atoms with Gasteiger partial charge >= 0.3 is 48.5 Å². The number of hydrogen-bond acceptors (Lipinski definition) is 2. The van der Waals surface area contributed by atoms with Crippen molar-refractivity contribution < 1.29 is 36.3 Å². The summed E-state index contributed by atoms with van der Waals surface area (Å²) in [6, 6.07) is 0. The molecule has 0 saturated heterocycles. The van der Waals surface area contributed by atoms with Gasteiger partial charge in [-0.1, -0.05) is 0 Å². The maximum absolute atomic E-state index is 4.84. The van der Waals surface area contributed by atoms with Gasteiger partial charge in [-0.15, -0.1) is 0 Å². The van der Waals surface area contributed by atoms with Crippen LogP contribution in [-0.2, 0) is 30.9 Å². The van der Waals surface area contributed by atoms with E-state index in [-0.39, 0.29) is 5.48 Å². The van der Waals surface area contributed by atoms with E-state index in [9.17, 15) is 0 Å². The molecule has 0 aromatic rings. The minimum absolute atomic E-state index is 0. The van der Waals surface area contributed by atoms with E-state index in [0.717, 1.165) is 26.1 Å². The maximum Gasteiger partial charge on any atom is -0.870 e. The van der Waals surface area contributed by atoms with Crippen LogP contribution in [-0.4, -0.2) is 16.2 Å². The molecule has 1 unspecified atom stereocenters. The summed E-state index contributed by atoms with van der Waals surface area (Å²) in [6.07, 6.45) is 0. The number of rotatable bonds is 1. The van der Waals surface area contributed by atoms with E-state index in [1.54, 1.807) is 7.11 Å². The second-order valence-electron chi connectivity index (χ2n) is 1.05. The van der Waals surface area contributed by atoms with Crippen molar-refractivity contribution in [1.82, 2.24) is 0 Å². The third-order valence-electron chi connectivity index (χ3n) is 0.402. The number of ether oxygens (including phenoxy) is 1. The van der Waals surface area contributed by atoms with Crippen molar-refractivity contribution in [2.45, 2.75) is 10.5 Å². The van der Waals surface area contributed by atoms with Gasteiger partial charge in [-0.05, 0) is 0 Å². The van der Waals surface area contributed by atoms with Gasteiger partial charge in [-0.25, -0.2) is 0 Å². The molecule has 0 amide bonds. The molecule has 2 nitrogen and oxygen atoms in total. The van der Waals surface area contributed by atoms with Gasteiger partial charge in [-0.3, -0.25) is 0 Å². The SMILES string of the molecule is CO[CH](C)[Hg].[OH-]. The molecule has 1 atom stereocenters. The summed E-state index contributed by atoms with van der Waals surface area (Å²) < 4.78 is 5.42. The first-order chi connectivity index (χ1) is 2.27. The Balaban J connectivity index is 0. The fourth-order valence-electron chi connectivity index (χ4n) is 0. The minimum atomic E-state index is 0. The van der Waals surface area contributed by atoms with E-state index >= 15 is 0 Å². The first-order valence-corrected chi connectivity index (χ1v) is 4.80. The molecule has 0 aliphatic rings. The molecule has 0 aliphatic carbocycles. The minimum Gasteiger partial charge on any atom is -0.870 e. The predicted octanol–water partition coefficient (Wildman–Crippen LogP) is 0.349. The summed E-state index contributed by atoms with van der Waals surface area (Å²) in [5.74, 6) is 0. The van der Waals surface area contributed by atoms with Crippen LogP contribution in [0.2, 0.25) is 0 Å². The van der Waals surface area contributed by atoms with Crippen LogP contribution in [0, 0.1) is 0 Å². The van der Waals surface area contributed by atoms with Gasteiger partial charge in [0.25, 0.3) is 0 Å². The Hall–Kier alpha value is 0.855. The molecule has 0 aromatic carbocycles. The molecule has 0 spiro atoms. The molecule has 35 valence electrons. The van der Waals surface area contributed by atoms with Crippen LogP contribution in [0.15, 0.2) is 0 Å². The number of hydrogen-bond donors (Lipinski definition) is 0. The van der Waals surface area contributed by atoms with Crippen molar-refractivity contribution >= 4 is 0 Å². The van der Waals surface area contributed by atoms with Gasteiger partial charge in [0.1, 0.15) is 0 Å². The normalized spacial score (nSPS) is 12.7. The first-order valence-electron chi connectivity index (χ1n) is 1.63. The molecule has 0 bridgehead atoms. The summed E-state index contributed by atoms with van der Waals surface area (Å²) in [4.78, 5) is 0. The van der Waals surface area contributed by atoms with Crippen LogP contribution < -0.4 is 0 Å². The van der Waals surface area contributed by atoms with Crippen molar-refractivity contribution in [2.75, 3.05) is 7.11 Å². The van der Waals surface area contributed by atoms with Gasteiger partial charge in [0.2, 0.25) is 0 Å². The Kier molecular flexibility index (Phi) is 9.73. The fraction of sp³-hybridized carbons (Fsp3) is 1.00. The molecule has 0 radical (unpaired) electrons. The largest absolute Gasteiger partial charge is 0.870 e. The van der Waals surface area contributed by atoms with Crippen LogP contribution >= 0.6 is 0 Å². The fourth-order valence-corrected chi connectivity index (χ4v) is 0. The van der Waals surface area contributed by atoms with Crippen molar-refractivity contribution in [3.05, 3.63) is 0 Å². The van der Waals surface area contributed by atoms with Gasteiger partial charge in [0.15, 0.2) is 0 Å². The zero-order chi connectivity index (χ0) is 4.28. The second kappa shape index (κ2) is 5.86. The van der Waals surface area contributed by atoms with Crippen molar-refractivity contribution in [2.24, 2.45) is 0 Å². The van der Waals surface area contributed by atoms with Crippen molar-refractivity contribution in [1.29, 1.82) is 0 Å². The van der Waals surface area contributed by atoms with E-state index in [1.165, 1.54) is 0 Å². The van der Waals surface area contributed by atoms with Gasteiger partial charge in [0.05, 0.1) is 0 Å². The van der Waals surface area contributed by atoms with E-state index in [1.807, 2.05) is 0 Å². The standard InChI is InChI=1S/C3H7O.Hg.H2O/c1-3-4-2;;/h3H,1-2H3;;1H2/p-1. The third kappa shape index (κ3) is 8.85. The smallest absolute Gasteiger partial charge is 0.870 e. The Bertz CT molecular complexity index is 22.8. The average Bonchev–Trinajstić information content (AvgIpc) is 1.38. The quantitative estimate of drug-likeness (QED) is 0.648. The van der Waals surface area contributed by atoms with E-state index in [4.69, 9.17) is 4.74 Å². The zero-order valence-corrected chi connectivity index (χ0v) is 9.64. The molecule has 0 saturated carbocycles. The Morgan fingerprint density at radius 1 is 1.67 bits per heavy atom. The summed E-state index contributed by atoms with van der Waals surface area (Å²) in [5, 5.41) is 0. The molecule has 6 heavy (non-hydrogen) atoms. The second-order valence-corrected chi connectivity index (χ2v) is 5.52. The van der Waals surface area contributed by atoms with Crippen LogP contribution in [0.3, 0.4) is 0 Å². The molecule has 0 aliphatic heterocycles. The molecular weight excluding hydrogens is 269 g/mol. The average molecular weight is 277 g/mol. The molecule has 0 aromatic heterocycles. The van der Waals surface area contributed by atoms with Crippen LogP contribution in [0.4, 0.5) is 0 Å². The molecular formula is C3H8HgO2-. The topological polar surface area (TPSA) is 39.2 Å². The van der Waals surface area contributed by atoms with Crippen LogP contribution in [0.25, 0.3) is 0 Å². The summed E-state index contributed by atoms with van der Waals surface area (Å²) in [6.45, 7) is 2.09. The van der Waals surface area contributed by atoms with Crippen molar-refractivity contribution in [3.8, 4) is 0 Å². The third-order valence-corrected chi connectivity index (χ3v) is 1.70. The van der Waals surface area contributed by atoms with E-state index in [0.29, 0.717) is 3.61 Å². The van der Waals surface area contributed by atoms with E-state index < -0.39 is 0 Å². The number of methoxy groups -OCH3 is 1. The molecule has 0 heterocycles. The zero-order valence-electron chi connectivity index (χ0n) is 4.14. The first kappa shape index (κ1) is 9.97. The summed E-state index contributed by atoms with van der Waals surface area (Å²) in [5.41, 5.74) is 0. The van der Waals surface area contributed by atoms with Crippen LogP contribution in [0.1, 0.15) is 6.92 Å². The molecule has 3 heteroatoms. The Labute approximate surface area is 54.2 Å². The summed E-state index contributed by atoms with van der Waals surface area (Å²) in [7, 11) is 1.75. The van der Waals surface area contributed by atoms with Gasteiger partial charge < -0.3 is 5.48 Å². The molecule has 0 rings (SSSR count). The molecule has 0 fully saturated rings. The van der Waals surface area contributed by atoms with Gasteiger partial charge in [0, 0.05) is 0 Å². The predicted molar refractivity (Wildman–Crippen MR) is 18.4 cm³/mol. The van der Waals surface area contributed by atoms with Crippen molar-refractivity contribution in [3.63, 3.8) is 0 Å². The Morgan fingerprint density at radius 2 is 1.83 bits per heavy atom. The van der Waals surface area contributed by atoms with E-state index in [2.05, 4.69) is 6.92 Å².